The molecule has 0 saturated carbocycles. The Morgan fingerprint density at radius 1 is 1.56 bits per heavy atom. The molecule has 0 amide bonds. The van der Waals surface area contributed by atoms with Crippen molar-refractivity contribution in [3.63, 3.8) is 0 Å². The van der Waals surface area contributed by atoms with Gasteiger partial charge in [-0.2, -0.15) is 13.2 Å². The molecule has 1 heterocycles. The standard InChI is InChI=1S/C11H13F3N2O2/c1-6-3-9(8(5-15-6)10(17)18)16-7(2)4-11(12,13)14/h3,5,7H,4H2,1-2H3,(H,15,16)(H,17,18). The Labute approximate surface area is 102 Å². The number of rotatable bonds is 4. The molecule has 0 saturated heterocycles. The average molecular weight is 262 g/mol. The van der Waals surface area contributed by atoms with Crippen LogP contribution in [-0.2, 0) is 0 Å². The molecule has 0 fully saturated rings. The fourth-order valence-corrected chi connectivity index (χ4v) is 1.51. The molecule has 1 atom stereocenters. The summed E-state index contributed by atoms with van der Waals surface area (Å²) < 4.78 is 36.5. The van der Waals surface area contributed by atoms with E-state index in [9.17, 15) is 18.0 Å². The molecule has 7 heteroatoms. The van der Waals surface area contributed by atoms with Crippen LogP contribution in [0.15, 0.2) is 12.3 Å². The predicted octanol–water partition coefficient (Wildman–Crippen LogP) is 2.84. The lowest BCUT2D eigenvalue weighted by Gasteiger charge is -2.18. The molecule has 4 nitrogen and oxygen atoms in total. The van der Waals surface area contributed by atoms with Gasteiger partial charge in [-0.05, 0) is 19.9 Å². The van der Waals surface area contributed by atoms with Crippen molar-refractivity contribution in [3.05, 3.63) is 23.5 Å². The zero-order chi connectivity index (χ0) is 13.9. The number of carboxylic acid groups (broad SMARTS) is 1. The summed E-state index contributed by atoms with van der Waals surface area (Å²) in [6.07, 6.45) is -4.20. The number of pyridine rings is 1. The third-order valence-corrected chi connectivity index (χ3v) is 2.21. The van der Waals surface area contributed by atoms with Crippen molar-refractivity contribution < 1.29 is 23.1 Å². The topological polar surface area (TPSA) is 62.2 Å². The van der Waals surface area contributed by atoms with Crippen molar-refractivity contribution in [1.82, 2.24) is 4.98 Å². The lowest BCUT2D eigenvalue weighted by Crippen LogP contribution is -2.25. The molecule has 0 aromatic carbocycles. The number of aromatic carboxylic acids is 1. The number of carboxylic acids is 1. The summed E-state index contributed by atoms with van der Waals surface area (Å²) in [4.78, 5) is 14.7. The summed E-state index contributed by atoms with van der Waals surface area (Å²) in [7, 11) is 0. The number of carbonyl (C=O) groups is 1. The fourth-order valence-electron chi connectivity index (χ4n) is 1.51. The van der Waals surface area contributed by atoms with Gasteiger partial charge in [-0.3, -0.25) is 4.98 Å². The van der Waals surface area contributed by atoms with E-state index in [1.165, 1.54) is 13.0 Å². The Kier molecular flexibility index (Phi) is 4.15. The highest BCUT2D eigenvalue weighted by Gasteiger charge is 2.30. The smallest absolute Gasteiger partial charge is 0.391 e. The van der Waals surface area contributed by atoms with Gasteiger partial charge in [0.05, 0.1) is 12.1 Å². The summed E-state index contributed by atoms with van der Waals surface area (Å²) in [5, 5.41) is 11.4. The molecule has 1 rings (SSSR count). The van der Waals surface area contributed by atoms with Crippen molar-refractivity contribution in [2.75, 3.05) is 5.32 Å². The van der Waals surface area contributed by atoms with E-state index < -0.39 is 24.6 Å². The molecular weight excluding hydrogens is 249 g/mol. The highest BCUT2D eigenvalue weighted by atomic mass is 19.4. The van der Waals surface area contributed by atoms with Gasteiger partial charge in [0.25, 0.3) is 0 Å². The summed E-state index contributed by atoms with van der Waals surface area (Å²) in [6.45, 7) is 2.97. The van der Waals surface area contributed by atoms with Crippen LogP contribution in [0.2, 0.25) is 0 Å². The normalized spacial score (nSPS) is 13.2. The van der Waals surface area contributed by atoms with E-state index in [1.807, 2.05) is 0 Å². The highest BCUT2D eigenvalue weighted by molar-refractivity contribution is 5.93. The molecule has 2 N–H and O–H groups in total. The molecule has 0 radical (unpaired) electrons. The maximum atomic E-state index is 12.2. The molecule has 0 aliphatic heterocycles. The van der Waals surface area contributed by atoms with Crippen molar-refractivity contribution >= 4 is 11.7 Å². The molecule has 0 aliphatic rings. The van der Waals surface area contributed by atoms with Crippen molar-refractivity contribution in [3.8, 4) is 0 Å². The van der Waals surface area contributed by atoms with Crippen molar-refractivity contribution in [2.24, 2.45) is 0 Å². The second kappa shape index (κ2) is 5.24. The summed E-state index contributed by atoms with van der Waals surface area (Å²) in [6, 6.07) is 0.501. The van der Waals surface area contributed by atoms with Crippen LogP contribution in [0.3, 0.4) is 0 Å². The first-order valence-electron chi connectivity index (χ1n) is 5.22. The minimum Gasteiger partial charge on any atom is -0.478 e. The van der Waals surface area contributed by atoms with Gasteiger partial charge in [0, 0.05) is 17.9 Å². The Morgan fingerprint density at radius 3 is 2.67 bits per heavy atom. The fraction of sp³-hybridized carbons (Fsp3) is 0.455. The van der Waals surface area contributed by atoms with Crippen LogP contribution in [0.4, 0.5) is 18.9 Å². The number of nitrogens with one attached hydrogen (secondary N) is 1. The predicted molar refractivity (Wildman–Crippen MR) is 59.7 cm³/mol. The highest BCUT2D eigenvalue weighted by Crippen LogP contribution is 2.24. The second-order valence-corrected chi connectivity index (χ2v) is 4.04. The van der Waals surface area contributed by atoms with E-state index in [4.69, 9.17) is 5.11 Å². The van der Waals surface area contributed by atoms with Gasteiger partial charge in [-0.1, -0.05) is 0 Å². The number of hydrogen-bond donors (Lipinski definition) is 2. The van der Waals surface area contributed by atoms with E-state index in [1.54, 1.807) is 6.92 Å². The molecule has 18 heavy (non-hydrogen) atoms. The van der Waals surface area contributed by atoms with Gasteiger partial charge < -0.3 is 10.4 Å². The number of halogens is 3. The number of hydrogen-bond acceptors (Lipinski definition) is 3. The third kappa shape index (κ3) is 4.23. The van der Waals surface area contributed by atoms with Crippen molar-refractivity contribution in [2.45, 2.75) is 32.5 Å². The lowest BCUT2D eigenvalue weighted by molar-refractivity contribution is -0.136. The Balaban J connectivity index is 2.89. The second-order valence-electron chi connectivity index (χ2n) is 4.04. The quantitative estimate of drug-likeness (QED) is 0.875. The van der Waals surface area contributed by atoms with Crippen LogP contribution in [-0.4, -0.2) is 28.3 Å². The molecule has 1 aromatic rings. The maximum absolute atomic E-state index is 12.2. The maximum Gasteiger partial charge on any atom is 0.391 e. The minimum absolute atomic E-state index is 0.144. The number of aryl methyl sites for hydroxylation is 1. The van der Waals surface area contributed by atoms with E-state index >= 15 is 0 Å². The first-order valence-corrected chi connectivity index (χ1v) is 5.22. The van der Waals surface area contributed by atoms with Gasteiger partial charge in [0.15, 0.2) is 0 Å². The number of aromatic nitrogens is 1. The Hall–Kier alpha value is -1.79. The zero-order valence-electron chi connectivity index (χ0n) is 9.88. The Morgan fingerprint density at radius 2 is 2.17 bits per heavy atom. The van der Waals surface area contributed by atoms with Crippen LogP contribution in [0.25, 0.3) is 0 Å². The largest absolute Gasteiger partial charge is 0.478 e. The molecule has 1 aromatic heterocycles. The van der Waals surface area contributed by atoms with E-state index in [2.05, 4.69) is 10.3 Å². The van der Waals surface area contributed by atoms with Crippen LogP contribution >= 0.6 is 0 Å². The summed E-state index contributed by atoms with van der Waals surface area (Å²) >= 11 is 0. The van der Waals surface area contributed by atoms with E-state index in [0.29, 0.717) is 5.69 Å². The number of nitrogens with zero attached hydrogens (tertiary/aromatic N) is 1. The van der Waals surface area contributed by atoms with Crippen LogP contribution in [0, 0.1) is 6.92 Å². The van der Waals surface area contributed by atoms with Crippen LogP contribution < -0.4 is 5.32 Å². The zero-order valence-corrected chi connectivity index (χ0v) is 9.88. The first kappa shape index (κ1) is 14.3. The van der Waals surface area contributed by atoms with Crippen LogP contribution in [0.1, 0.15) is 29.4 Å². The lowest BCUT2D eigenvalue weighted by atomic mass is 10.1. The molecular formula is C11H13F3N2O2. The van der Waals surface area contributed by atoms with Gasteiger partial charge >= 0.3 is 12.1 Å². The van der Waals surface area contributed by atoms with E-state index in [-0.39, 0.29) is 11.3 Å². The van der Waals surface area contributed by atoms with Crippen LogP contribution in [0.5, 0.6) is 0 Å². The van der Waals surface area contributed by atoms with E-state index in [0.717, 1.165) is 6.20 Å². The number of alkyl halides is 3. The minimum atomic E-state index is -4.29. The number of anilines is 1. The SMILES string of the molecule is Cc1cc(NC(C)CC(F)(F)F)c(C(=O)O)cn1. The molecule has 0 spiro atoms. The third-order valence-electron chi connectivity index (χ3n) is 2.21. The van der Waals surface area contributed by atoms with Gasteiger partial charge in [-0.25, -0.2) is 4.79 Å². The van der Waals surface area contributed by atoms with Gasteiger partial charge in [-0.15, -0.1) is 0 Å². The Bertz CT molecular complexity index is 446. The molecule has 1 unspecified atom stereocenters. The molecule has 0 bridgehead atoms. The summed E-state index contributed by atoms with van der Waals surface area (Å²) in [5.41, 5.74) is 0.531. The summed E-state index contributed by atoms with van der Waals surface area (Å²) in [5.74, 6) is -1.23. The average Bonchev–Trinajstić information content (AvgIpc) is 2.13. The van der Waals surface area contributed by atoms with Crippen molar-refractivity contribution in [1.29, 1.82) is 0 Å². The molecule has 0 aliphatic carbocycles. The van der Waals surface area contributed by atoms with Gasteiger partial charge in [0.2, 0.25) is 0 Å². The van der Waals surface area contributed by atoms with Gasteiger partial charge in [0.1, 0.15) is 5.56 Å². The monoisotopic (exact) mass is 262 g/mol. The first-order chi connectivity index (χ1) is 8.19. The molecule has 100 valence electrons.